The predicted molar refractivity (Wildman–Crippen MR) is 108 cm³/mol. The van der Waals surface area contributed by atoms with Crippen molar-refractivity contribution >= 4 is 39.2 Å². The van der Waals surface area contributed by atoms with E-state index in [1.165, 1.54) is 34.6 Å². The number of aromatic nitrogens is 4. The van der Waals surface area contributed by atoms with Gasteiger partial charge in [0.15, 0.2) is 5.82 Å². The minimum Gasteiger partial charge on any atom is -0.322 e. The molecule has 1 N–H and O–H groups in total. The summed E-state index contributed by atoms with van der Waals surface area (Å²) in [5, 5.41) is 18.6. The molecule has 0 atom stereocenters. The van der Waals surface area contributed by atoms with Gasteiger partial charge in [0.25, 0.3) is 5.91 Å². The molecule has 1 amide bonds. The van der Waals surface area contributed by atoms with E-state index < -0.39 is 0 Å². The first-order chi connectivity index (χ1) is 13.2. The van der Waals surface area contributed by atoms with Crippen molar-refractivity contribution < 1.29 is 4.79 Å². The van der Waals surface area contributed by atoms with Crippen LogP contribution in [0.15, 0.2) is 29.6 Å². The van der Waals surface area contributed by atoms with Crippen molar-refractivity contribution in [3.8, 4) is 10.6 Å². The SMILES string of the molecule is Cc1nnc2sc(-c3cccc(NC(=O)c4csc5c4CCCC5)c3)nn12. The van der Waals surface area contributed by atoms with Gasteiger partial charge in [-0.3, -0.25) is 4.79 Å². The van der Waals surface area contributed by atoms with E-state index in [-0.39, 0.29) is 5.91 Å². The second-order valence-corrected chi connectivity index (χ2v) is 8.56. The topological polar surface area (TPSA) is 72.2 Å². The van der Waals surface area contributed by atoms with Crippen molar-refractivity contribution in [2.75, 3.05) is 5.32 Å². The summed E-state index contributed by atoms with van der Waals surface area (Å²) in [4.78, 5) is 14.9. The highest BCUT2D eigenvalue weighted by Crippen LogP contribution is 2.31. The van der Waals surface area contributed by atoms with Gasteiger partial charge in [-0.1, -0.05) is 23.5 Å². The van der Waals surface area contributed by atoms with E-state index in [4.69, 9.17) is 0 Å². The van der Waals surface area contributed by atoms with Crippen LogP contribution in [-0.4, -0.2) is 25.7 Å². The van der Waals surface area contributed by atoms with E-state index in [1.54, 1.807) is 15.9 Å². The summed E-state index contributed by atoms with van der Waals surface area (Å²) < 4.78 is 1.74. The monoisotopic (exact) mass is 395 g/mol. The second kappa shape index (κ2) is 6.54. The Morgan fingerprint density at radius 3 is 3.00 bits per heavy atom. The van der Waals surface area contributed by atoms with Crippen LogP contribution >= 0.6 is 22.7 Å². The van der Waals surface area contributed by atoms with Crippen molar-refractivity contribution in [3.63, 3.8) is 0 Å². The van der Waals surface area contributed by atoms with Crippen LogP contribution in [0.4, 0.5) is 5.69 Å². The quantitative estimate of drug-likeness (QED) is 0.560. The summed E-state index contributed by atoms with van der Waals surface area (Å²) in [6.07, 6.45) is 4.50. The number of amides is 1. The van der Waals surface area contributed by atoms with Crippen molar-refractivity contribution in [1.29, 1.82) is 0 Å². The van der Waals surface area contributed by atoms with Gasteiger partial charge in [-0.25, -0.2) is 0 Å². The third-order valence-corrected chi connectivity index (χ3v) is 6.86. The molecule has 0 aliphatic heterocycles. The summed E-state index contributed by atoms with van der Waals surface area (Å²) in [5.74, 6) is 0.736. The molecule has 8 heteroatoms. The average molecular weight is 396 g/mol. The van der Waals surface area contributed by atoms with E-state index >= 15 is 0 Å². The van der Waals surface area contributed by atoms with Gasteiger partial charge in [0.1, 0.15) is 5.01 Å². The molecule has 27 heavy (non-hydrogen) atoms. The lowest BCUT2D eigenvalue weighted by molar-refractivity contribution is 0.102. The van der Waals surface area contributed by atoms with Crippen LogP contribution in [-0.2, 0) is 12.8 Å². The zero-order chi connectivity index (χ0) is 18.4. The summed E-state index contributed by atoms with van der Waals surface area (Å²) in [7, 11) is 0. The summed E-state index contributed by atoms with van der Waals surface area (Å²) in [5.41, 5.74) is 3.80. The Bertz CT molecular complexity index is 1160. The number of carbonyl (C=O) groups excluding carboxylic acids is 1. The lowest BCUT2D eigenvalue weighted by atomic mass is 9.95. The number of carbonyl (C=O) groups is 1. The first kappa shape index (κ1) is 16.6. The van der Waals surface area contributed by atoms with Gasteiger partial charge in [0, 0.05) is 21.5 Å². The molecule has 0 bridgehead atoms. The van der Waals surface area contributed by atoms with E-state index in [1.807, 2.05) is 36.6 Å². The fourth-order valence-corrected chi connectivity index (χ4v) is 5.45. The van der Waals surface area contributed by atoms with Gasteiger partial charge in [-0.2, -0.15) is 9.61 Å². The van der Waals surface area contributed by atoms with E-state index in [2.05, 4.69) is 20.6 Å². The number of nitrogens with zero attached hydrogens (tertiary/aromatic N) is 4. The van der Waals surface area contributed by atoms with Crippen LogP contribution in [0.5, 0.6) is 0 Å². The maximum absolute atomic E-state index is 12.8. The molecular weight excluding hydrogens is 378 g/mol. The molecule has 4 aromatic rings. The molecule has 3 heterocycles. The maximum Gasteiger partial charge on any atom is 0.256 e. The van der Waals surface area contributed by atoms with Crippen LogP contribution in [0.2, 0.25) is 0 Å². The lowest BCUT2D eigenvalue weighted by Gasteiger charge is -2.13. The third-order valence-electron chi connectivity index (χ3n) is 4.82. The van der Waals surface area contributed by atoms with Crippen molar-refractivity contribution in [2.45, 2.75) is 32.6 Å². The number of fused-ring (bicyclic) bond motifs is 2. The summed E-state index contributed by atoms with van der Waals surface area (Å²) in [6.45, 7) is 1.88. The zero-order valence-corrected chi connectivity index (χ0v) is 16.4. The molecule has 0 unspecified atom stereocenters. The molecule has 1 aromatic carbocycles. The highest BCUT2D eigenvalue weighted by atomic mass is 32.1. The van der Waals surface area contributed by atoms with E-state index in [0.29, 0.717) is 0 Å². The Labute approximate surface area is 163 Å². The summed E-state index contributed by atoms with van der Waals surface area (Å²) in [6, 6.07) is 7.79. The van der Waals surface area contributed by atoms with Crippen LogP contribution in [0.3, 0.4) is 0 Å². The highest BCUT2D eigenvalue weighted by Gasteiger charge is 2.20. The number of thiophene rings is 1. The lowest BCUT2D eigenvalue weighted by Crippen LogP contribution is -2.14. The van der Waals surface area contributed by atoms with Crippen molar-refractivity contribution in [1.82, 2.24) is 19.8 Å². The van der Waals surface area contributed by atoms with Gasteiger partial charge in [-0.05, 0) is 50.3 Å². The second-order valence-electron chi connectivity index (χ2n) is 6.64. The van der Waals surface area contributed by atoms with Crippen molar-refractivity contribution in [3.05, 3.63) is 51.5 Å². The molecule has 0 fully saturated rings. The number of hydrogen-bond acceptors (Lipinski definition) is 6. The third kappa shape index (κ3) is 2.94. The first-order valence-electron chi connectivity index (χ1n) is 8.89. The fraction of sp³-hybridized carbons (Fsp3) is 0.263. The maximum atomic E-state index is 12.8. The van der Waals surface area contributed by atoms with Gasteiger partial charge >= 0.3 is 0 Å². The minimum absolute atomic E-state index is 0.0273. The number of benzene rings is 1. The molecule has 0 spiro atoms. The normalized spacial score (nSPS) is 13.7. The average Bonchev–Trinajstić information content (AvgIpc) is 3.38. The van der Waals surface area contributed by atoms with Gasteiger partial charge in [0.2, 0.25) is 4.96 Å². The molecule has 5 rings (SSSR count). The molecule has 0 saturated heterocycles. The largest absolute Gasteiger partial charge is 0.322 e. The molecular formula is C19H17N5OS2. The standard InChI is InChI=1S/C19H17N5OS2/c1-11-21-22-19-24(11)23-18(27-19)12-5-4-6-13(9-12)20-17(25)15-10-26-16-8-3-2-7-14(15)16/h4-6,9-10H,2-3,7-8H2,1H3,(H,20,25). The molecule has 6 nitrogen and oxygen atoms in total. The van der Waals surface area contributed by atoms with Crippen molar-refractivity contribution in [2.24, 2.45) is 0 Å². The van der Waals surface area contributed by atoms with E-state index in [0.717, 1.165) is 45.4 Å². The Morgan fingerprint density at radius 2 is 2.11 bits per heavy atom. The molecule has 3 aromatic heterocycles. The van der Waals surface area contributed by atoms with Gasteiger partial charge in [0.05, 0.1) is 5.56 Å². The zero-order valence-electron chi connectivity index (χ0n) is 14.7. The van der Waals surface area contributed by atoms with Gasteiger partial charge in [-0.15, -0.1) is 21.5 Å². The van der Waals surface area contributed by atoms with Crippen LogP contribution in [0.1, 0.15) is 39.5 Å². The Hall–Kier alpha value is -2.58. The number of anilines is 1. The molecule has 0 radical (unpaired) electrons. The number of hydrogen-bond donors (Lipinski definition) is 1. The molecule has 1 aliphatic carbocycles. The molecule has 1 aliphatic rings. The predicted octanol–water partition coefficient (Wildman–Crippen LogP) is 4.35. The van der Waals surface area contributed by atoms with Crippen LogP contribution in [0, 0.1) is 6.92 Å². The number of aryl methyl sites for hydroxylation is 2. The summed E-state index contributed by atoms with van der Waals surface area (Å²) >= 11 is 3.19. The fourth-order valence-electron chi connectivity index (χ4n) is 3.44. The highest BCUT2D eigenvalue weighted by molar-refractivity contribution is 7.19. The number of nitrogens with one attached hydrogen (secondary N) is 1. The smallest absolute Gasteiger partial charge is 0.256 e. The van der Waals surface area contributed by atoms with Crippen LogP contribution < -0.4 is 5.32 Å². The molecule has 136 valence electrons. The minimum atomic E-state index is -0.0273. The Balaban J connectivity index is 1.42. The van der Waals surface area contributed by atoms with E-state index in [9.17, 15) is 4.79 Å². The Kier molecular flexibility index (Phi) is 4.02. The number of rotatable bonds is 3. The first-order valence-corrected chi connectivity index (χ1v) is 10.6. The van der Waals surface area contributed by atoms with Gasteiger partial charge < -0.3 is 5.32 Å². The van der Waals surface area contributed by atoms with Crippen LogP contribution in [0.25, 0.3) is 15.5 Å². The Morgan fingerprint density at radius 1 is 1.22 bits per heavy atom. The molecule has 0 saturated carbocycles.